The summed E-state index contributed by atoms with van der Waals surface area (Å²) in [5.74, 6) is 0.754. The van der Waals surface area contributed by atoms with Crippen molar-refractivity contribution in [3.63, 3.8) is 0 Å². The predicted molar refractivity (Wildman–Crippen MR) is 90.2 cm³/mol. The molecule has 0 unspecified atom stereocenters. The Morgan fingerprint density at radius 2 is 2.12 bits per heavy atom. The van der Waals surface area contributed by atoms with Crippen LogP contribution in [0.25, 0.3) is 16.6 Å². The first kappa shape index (κ1) is 15.5. The van der Waals surface area contributed by atoms with E-state index in [1.165, 1.54) is 6.26 Å². The first-order chi connectivity index (χ1) is 11.5. The second-order valence-corrected chi connectivity index (χ2v) is 8.42. The minimum absolute atomic E-state index is 0.359. The van der Waals surface area contributed by atoms with Crippen LogP contribution in [0.4, 0.5) is 0 Å². The second-order valence-electron chi connectivity index (χ2n) is 6.59. The molecule has 0 bridgehead atoms. The third-order valence-corrected chi connectivity index (χ3v) is 5.56. The van der Waals surface area contributed by atoms with Crippen molar-refractivity contribution in [1.29, 1.82) is 0 Å². The number of aromatic amines is 1. The Balaban J connectivity index is 1.54. The van der Waals surface area contributed by atoms with E-state index < -0.39 is 10.0 Å². The molecule has 1 saturated carbocycles. The van der Waals surface area contributed by atoms with Crippen LogP contribution in [-0.4, -0.2) is 46.0 Å². The zero-order chi connectivity index (χ0) is 16.7. The average molecular weight is 348 g/mol. The smallest absolute Gasteiger partial charge is 0.208 e. The highest BCUT2D eigenvalue weighted by atomic mass is 32.2. The van der Waals surface area contributed by atoms with Crippen molar-refractivity contribution >= 4 is 26.6 Å². The van der Waals surface area contributed by atoms with Crippen molar-refractivity contribution in [2.75, 3.05) is 12.8 Å². The number of hydrogen-bond donors (Lipinski definition) is 2. The van der Waals surface area contributed by atoms with E-state index >= 15 is 0 Å². The van der Waals surface area contributed by atoms with Crippen LogP contribution in [0.3, 0.4) is 0 Å². The highest BCUT2D eigenvalue weighted by molar-refractivity contribution is 7.88. The van der Waals surface area contributed by atoms with Gasteiger partial charge in [-0.1, -0.05) is 5.21 Å². The second kappa shape index (κ2) is 5.82. The maximum absolute atomic E-state index is 11.2. The van der Waals surface area contributed by atoms with Gasteiger partial charge in [-0.3, -0.25) is 0 Å². The Morgan fingerprint density at radius 1 is 1.33 bits per heavy atom. The number of rotatable bonds is 4. The van der Waals surface area contributed by atoms with Crippen LogP contribution in [-0.2, 0) is 10.0 Å². The Morgan fingerprint density at radius 3 is 2.88 bits per heavy atom. The van der Waals surface area contributed by atoms with Gasteiger partial charge in [-0.15, -0.1) is 5.10 Å². The van der Waals surface area contributed by atoms with Gasteiger partial charge in [0.05, 0.1) is 11.9 Å². The van der Waals surface area contributed by atoms with Gasteiger partial charge >= 0.3 is 0 Å². The van der Waals surface area contributed by atoms with Gasteiger partial charge in [-0.05, 0) is 37.7 Å². The summed E-state index contributed by atoms with van der Waals surface area (Å²) in [5.41, 5.74) is 2.90. The summed E-state index contributed by atoms with van der Waals surface area (Å²) in [5, 5.41) is 9.66. The molecule has 8 nitrogen and oxygen atoms in total. The molecule has 3 heterocycles. The van der Waals surface area contributed by atoms with E-state index in [9.17, 15) is 8.42 Å². The third kappa shape index (κ3) is 2.89. The van der Waals surface area contributed by atoms with Crippen molar-refractivity contribution in [3.8, 4) is 0 Å². The molecule has 0 radical (unpaired) electrons. The van der Waals surface area contributed by atoms with Crippen molar-refractivity contribution in [2.45, 2.75) is 31.6 Å². The van der Waals surface area contributed by atoms with Gasteiger partial charge in [0.1, 0.15) is 17.5 Å². The summed E-state index contributed by atoms with van der Waals surface area (Å²) in [4.78, 5) is 7.45. The molecule has 2 N–H and O–H groups in total. The lowest BCUT2D eigenvalue weighted by Crippen LogP contribution is -2.30. The van der Waals surface area contributed by atoms with E-state index in [1.807, 2.05) is 12.3 Å². The predicted octanol–water partition coefficient (Wildman–Crippen LogP) is 1.43. The highest BCUT2D eigenvalue weighted by Crippen LogP contribution is 2.37. The summed E-state index contributed by atoms with van der Waals surface area (Å²) in [7, 11) is -3.11. The Bertz CT molecular complexity index is 968. The quantitative estimate of drug-likeness (QED) is 0.742. The normalized spacial score (nSPS) is 22.4. The van der Waals surface area contributed by atoms with Crippen LogP contribution in [0.1, 0.15) is 37.3 Å². The molecule has 0 spiro atoms. The molecule has 9 heteroatoms. The molecule has 24 heavy (non-hydrogen) atoms. The molecule has 0 aromatic carbocycles. The molecule has 1 aliphatic carbocycles. The van der Waals surface area contributed by atoms with E-state index in [2.05, 4.69) is 25.0 Å². The van der Waals surface area contributed by atoms with E-state index in [1.54, 1.807) is 10.8 Å². The standard InChI is InChI=1S/C15H20N6O2S/c1-24(22,23)18-8-10-2-4-11(5-3-10)13-14-12-6-7-16-15(12)17-9-21(14)20-19-13/h6-7,9-11,16,18H,2-5,8H2,1H3. The molecule has 1 fully saturated rings. The summed E-state index contributed by atoms with van der Waals surface area (Å²) < 4.78 is 26.8. The molecular weight excluding hydrogens is 328 g/mol. The van der Waals surface area contributed by atoms with Gasteiger partial charge in [0.25, 0.3) is 0 Å². The van der Waals surface area contributed by atoms with Gasteiger partial charge in [0.15, 0.2) is 0 Å². The van der Waals surface area contributed by atoms with Crippen LogP contribution in [0, 0.1) is 5.92 Å². The molecule has 0 atom stereocenters. The minimum Gasteiger partial charge on any atom is -0.346 e. The van der Waals surface area contributed by atoms with E-state index in [0.29, 0.717) is 18.4 Å². The van der Waals surface area contributed by atoms with Crippen LogP contribution in [0.15, 0.2) is 18.6 Å². The lowest BCUT2D eigenvalue weighted by molar-refractivity contribution is 0.323. The molecule has 3 aromatic rings. The monoisotopic (exact) mass is 348 g/mol. The molecule has 128 valence electrons. The van der Waals surface area contributed by atoms with E-state index in [0.717, 1.165) is 47.9 Å². The molecular formula is C15H20N6O2S. The Kier molecular flexibility index (Phi) is 3.76. The topological polar surface area (TPSA) is 105 Å². The molecule has 0 amide bonds. The maximum Gasteiger partial charge on any atom is 0.208 e. The molecule has 4 rings (SSSR count). The van der Waals surface area contributed by atoms with Gasteiger partial charge in [-0.25, -0.2) is 22.6 Å². The van der Waals surface area contributed by atoms with Gasteiger partial charge in [0.2, 0.25) is 10.0 Å². The first-order valence-electron chi connectivity index (χ1n) is 8.13. The summed E-state index contributed by atoms with van der Waals surface area (Å²) >= 11 is 0. The van der Waals surface area contributed by atoms with Gasteiger partial charge in [-0.2, -0.15) is 0 Å². The molecule has 1 aliphatic rings. The third-order valence-electron chi connectivity index (χ3n) is 4.86. The number of nitrogens with one attached hydrogen (secondary N) is 2. The van der Waals surface area contributed by atoms with Crippen LogP contribution >= 0.6 is 0 Å². The minimum atomic E-state index is -3.11. The molecule has 0 saturated heterocycles. The largest absolute Gasteiger partial charge is 0.346 e. The summed E-state index contributed by atoms with van der Waals surface area (Å²) in [6.45, 7) is 0.527. The van der Waals surface area contributed by atoms with Gasteiger partial charge in [0, 0.05) is 24.0 Å². The van der Waals surface area contributed by atoms with Gasteiger partial charge < -0.3 is 4.98 Å². The lowest BCUT2D eigenvalue weighted by Gasteiger charge is -2.27. The SMILES string of the molecule is CS(=O)(=O)NCC1CCC(c2nnn3cnc4[nH]ccc4c23)CC1. The zero-order valence-corrected chi connectivity index (χ0v) is 14.3. The maximum atomic E-state index is 11.2. The first-order valence-corrected chi connectivity index (χ1v) is 10.0. The fourth-order valence-electron chi connectivity index (χ4n) is 3.60. The fraction of sp³-hybridized carbons (Fsp3) is 0.533. The van der Waals surface area contributed by atoms with Crippen molar-refractivity contribution in [3.05, 3.63) is 24.3 Å². The number of hydrogen-bond acceptors (Lipinski definition) is 5. The van der Waals surface area contributed by atoms with Crippen LogP contribution < -0.4 is 4.72 Å². The molecule has 3 aromatic heterocycles. The summed E-state index contributed by atoms with van der Waals surface area (Å²) in [6.07, 6.45) is 8.75. The number of fused-ring (bicyclic) bond motifs is 3. The summed E-state index contributed by atoms with van der Waals surface area (Å²) in [6, 6.07) is 2.01. The number of sulfonamides is 1. The van der Waals surface area contributed by atoms with E-state index in [-0.39, 0.29) is 0 Å². The van der Waals surface area contributed by atoms with Crippen molar-refractivity contribution < 1.29 is 8.42 Å². The zero-order valence-electron chi connectivity index (χ0n) is 13.4. The lowest BCUT2D eigenvalue weighted by atomic mass is 9.80. The fourth-order valence-corrected chi connectivity index (χ4v) is 4.14. The van der Waals surface area contributed by atoms with Crippen molar-refractivity contribution in [2.24, 2.45) is 5.92 Å². The average Bonchev–Trinajstić information content (AvgIpc) is 3.18. The number of H-pyrrole nitrogens is 1. The van der Waals surface area contributed by atoms with Crippen molar-refractivity contribution in [1.82, 2.24) is 29.5 Å². The number of nitrogens with zero attached hydrogens (tertiary/aromatic N) is 4. The van der Waals surface area contributed by atoms with Crippen LogP contribution in [0.2, 0.25) is 0 Å². The van der Waals surface area contributed by atoms with Crippen LogP contribution in [0.5, 0.6) is 0 Å². The number of aromatic nitrogens is 5. The highest BCUT2D eigenvalue weighted by Gasteiger charge is 2.27. The Labute approximate surface area is 139 Å². The van der Waals surface area contributed by atoms with E-state index in [4.69, 9.17) is 0 Å². The molecule has 0 aliphatic heterocycles. The Hall–Kier alpha value is -2.00.